The van der Waals surface area contributed by atoms with Gasteiger partial charge in [0.15, 0.2) is 0 Å². The maximum atomic E-state index is 13.0. The van der Waals surface area contributed by atoms with Crippen LogP contribution >= 0.6 is 0 Å². The minimum Gasteiger partial charge on any atom is -0.350 e. The average Bonchev–Trinajstić information content (AvgIpc) is 2.82. The highest BCUT2D eigenvalue weighted by Gasteiger charge is 2.39. The molecule has 1 heterocycles. The molecule has 0 atom stereocenters. The molecule has 2 aromatic carbocycles. The first kappa shape index (κ1) is 17.7. The summed E-state index contributed by atoms with van der Waals surface area (Å²) in [5.41, 5.74) is 5.47. The van der Waals surface area contributed by atoms with E-state index in [2.05, 4.69) is 11.9 Å². The molecule has 0 spiro atoms. The number of anilines is 1. The van der Waals surface area contributed by atoms with Gasteiger partial charge in [-0.3, -0.25) is 14.5 Å². The molecular weight excluding hydrogens is 324 g/mol. The van der Waals surface area contributed by atoms with Gasteiger partial charge in [0, 0.05) is 12.2 Å². The monoisotopic (exact) mass is 346 g/mol. The summed E-state index contributed by atoms with van der Waals surface area (Å²) >= 11 is 0. The zero-order valence-electron chi connectivity index (χ0n) is 15.3. The second kappa shape index (κ2) is 7.00. The second-order valence-corrected chi connectivity index (χ2v) is 6.57. The van der Waals surface area contributed by atoms with Gasteiger partial charge in [-0.2, -0.15) is 0 Å². The average molecular weight is 346 g/mol. The summed E-state index contributed by atoms with van der Waals surface area (Å²) in [6.45, 7) is 9.79. The van der Waals surface area contributed by atoms with E-state index in [4.69, 9.17) is 0 Å². The molecular formula is C22H22N2O2. The Hall–Kier alpha value is -3.14. The van der Waals surface area contributed by atoms with Gasteiger partial charge < -0.3 is 5.32 Å². The van der Waals surface area contributed by atoms with Gasteiger partial charge in [-0.1, -0.05) is 47.5 Å². The van der Waals surface area contributed by atoms with Crippen molar-refractivity contribution in [2.75, 3.05) is 11.9 Å². The van der Waals surface area contributed by atoms with Crippen molar-refractivity contribution in [3.05, 3.63) is 83.1 Å². The van der Waals surface area contributed by atoms with E-state index in [-0.39, 0.29) is 18.4 Å². The van der Waals surface area contributed by atoms with Crippen molar-refractivity contribution < 1.29 is 9.59 Å². The van der Waals surface area contributed by atoms with Crippen LogP contribution in [0.25, 0.3) is 5.57 Å². The molecule has 0 unspecified atom stereocenters. The second-order valence-electron chi connectivity index (χ2n) is 6.57. The molecule has 4 nitrogen and oxygen atoms in total. The van der Waals surface area contributed by atoms with Gasteiger partial charge in [-0.25, -0.2) is 0 Å². The number of aryl methyl sites for hydroxylation is 3. The first-order valence-electron chi connectivity index (χ1n) is 8.55. The third kappa shape index (κ3) is 3.18. The Kier molecular flexibility index (Phi) is 4.76. The molecule has 0 saturated carbocycles. The van der Waals surface area contributed by atoms with Crippen molar-refractivity contribution in [3.8, 4) is 0 Å². The molecule has 1 aliphatic heterocycles. The number of hydrogen-bond donors (Lipinski definition) is 1. The summed E-state index contributed by atoms with van der Waals surface area (Å²) in [6, 6.07) is 13.6. The molecule has 132 valence electrons. The first-order chi connectivity index (χ1) is 12.4. The van der Waals surface area contributed by atoms with Gasteiger partial charge in [0.2, 0.25) is 0 Å². The molecule has 0 saturated heterocycles. The van der Waals surface area contributed by atoms with Gasteiger partial charge in [-0.15, -0.1) is 6.58 Å². The van der Waals surface area contributed by atoms with Crippen molar-refractivity contribution in [2.24, 2.45) is 0 Å². The van der Waals surface area contributed by atoms with Gasteiger partial charge in [0.1, 0.15) is 5.70 Å². The van der Waals surface area contributed by atoms with E-state index in [0.29, 0.717) is 11.3 Å². The summed E-state index contributed by atoms with van der Waals surface area (Å²) in [5, 5.41) is 3.16. The Morgan fingerprint density at radius 2 is 1.62 bits per heavy atom. The van der Waals surface area contributed by atoms with Crippen LogP contribution in [0.2, 0.25) is 0 Å². The standard InChI is InChI=1S/C22H22N2O2/c1-5-12-24-21(25)19(18-11-8-15(3)13-16(18)4)20(22(24)26)23-17-9-6-14(2)7-10-17/h5-11,13,23H,1,12H2,2-4H3. The number of amides is 2. The molecule has 3 rings (SSSR count). The topological polar surface area (TPSA) is 49.4 Å². The Bertz CT molecular complexity index is 924. The number of hydrogen-bond acceptors (Lipinski definition) is 3. The number of rotatable bonds is 5. The molecule has 1 aliphatic rings. The Morgan fingerprint density at radius 3 is 2.23 bits per heavy atom. The van der Waals surface area contributed by atoms with Crippen LogP contribution in [-0.4, -0.2) is 23.3 Å². The Morgan fingerprint density at radius 1 is 0.962 bits per heavy atom. The van der Waals surface area contributed by atoms with Crippen molar-refractivity contribution in [1.82, 2.24) is 4.90 Å². The first-order valence-corrected chi connectivity index (χ1v) is 8.55. The van der Waals surface area contributed by atoms with Crippen LogP contribution in [0.1, 0.15) is 22.3 Å². The van der Waals surface area contributed by atoms with Gasteiger partial charge in [0.05, 0.1) is 5.57 Å². The number of carbonyl (C=O) groups is 2. The number of nitrogens with zero attached hydrogens (tertiary/aromatic N) is 1. The highest BCUT2D eigenvalue weighted by atomic mass is 16.2. The van der Waals surface area contributed by atoms with Gasteiger partial charge in [0.25, 0.3) is 11.8 Å². The van der Waals surface area contributed by atoms with E-state index >= 15 is 0 Å². The minimum atomic E-state index is -0.328. The number of carbonyl (C=O) groups excluding carboxylic acids is 2. The van der Waals surface area contributed by atoms with Gasteiger partial charge >= 0.3 is 0 Å². The summed E-state index contributed by atoms with van der Waals surface area (Å²) in [4.78, 5) is 27.1. The normalized spacial score (nSPS) is 14.2. The van der Waals surface area contributed by atoms with Crippen LogP contribution in [0, 0.1) is 20.8 Å². The van der Waals surface area contributed by atoms with E-state index < -0.39 is 0 Å². The third-order valence-corrected chi connectivity index (χ3v) is 4.45. The van der Waals surface area contributed by atoms with E-state index in [1.54, 1.807) is 6.08 Å². The number of nitrogens with one attached hydrogen (secondary N) is 1. The summed E-state index contributed by atoms with van der Waals surface area (Å²) < 4.78 is 0. The molecule has 0 aromatic heterocycles. The molecule has 4 heteroatoms. The fourth-order valence-corrected chi connectivity index (χ4v) is 3.11. The van der Waals surface area contributed by atoms with Gasteiger partial charge in [-0.05, 0) is 44.0 Å². The lowest BCUT2D eigenvalue weighted by Crippen LogP contribution is -2.32. The lowest BCUT2D eigenvalue weighted by atomic mass is 9.97. The molecule has 0 aliphatic carbocycles. The predicted molar refractivity (Wildman–Crippen MR) is 105 cm³/mol. The SMILES string of the molecule is C=CCN1C(=O)C(Nc2ccc(C)cc2)=C(c2ccc(C)cc2C)C1=O. The predicted octanol–water partition coefficient (Wildman–Crippen LogP) is 3.99. The van der Waals surface area contributed by atoms with Crippen molar-refractivity contribution in [2.45, 2.75) is 20.8 Å². The zero-order chi connectivity index (χ0) is 18.8. The lowest BCUT2D eigenvalue weighted by Gasteiger charge is -2.12. The van der Waals surface area contributed by atoms with Crippen LogP contribution in [0.15, 0.2) is 60.8 Å². The van der Waals surface area contributed by atoms with E-state index in [1.165, 1.54) is 4.90 Å². The summed E-state index contributed by atoms with van der Waals surface area (Å²) in [7, 11) is 0. The van der Waals surface area contributed by atoms with Crippen molar-refractivity contribution >= 4 is 23.1 Å². The van der Waals surface area contributed by atoms with E-state index in [9.17, 15) is 9.59 Å². The number of imide groups is 1. The largest absolute Gasteiger partial charge is 0.350 e. The third-order valence-electron chi connectivity index (χ3n) is 4.45. The van der Waals surface area contributed by atoms with Crippen molar-refractivity contribution in [1.29, 1.82) is 0 Å². The zero-order valence-corrected chi connectivity index (χ0v) is 15.3. The lowest BCUT2D eigenvalue weighted by molar-refractivity contribution is -0.136. The van der Waals surface area contributed by atoms with E-state index in [0.717, 1.165) is 27.9 Å². The molecule has 0 radical (unpaired) electrons. The maximum absolute atomic E-state index is 13.0. The highest BCUT2D eigenvalue weighted by Crippen LogP contribution is 2.32. The van der Waals surface area contributed by atoms with Crippen LogP contribution in [-0.2, 0) is 9.59 Å². The Labute approximate surface area is 153 Å². The molecule has 26 heavy (non-hydrogen) atoms. The molecule has 2 aromatic rings. The fourth-order valence-electron chi connectivity index (χ4n) is 3.11. The number of benzene rings is 2. The molecule has 0 bridgehead atoms. The minimum absolute atomic E-state index is 0.186. The maximum Gasteiger partial charge on any atom is 0.278 e. The van der Waals surface area contributed by atoms with Crippen LogP contribution in [0.4, 0.5) is 5.69 Å². The highest BCUT2D eigenvalue weighted by molar-refractivity contribution is 6.36. The fraction of sp³-hybridized carbons (Fsp3) is 0.182. The van der Waals surface area contributed by atoms with Crippen LogP contribution in [0.5, 0.6) is 0 Å². The molecule has 2 amide bonds. The van der Waals surface area contributed by atoms with Crippen molar-refractivity contribution in [3.63, 3.8) is 0 Å². The van der Waals surface area contributed by atoms with E-state index in [1.807, 2.05) is 63.2 Å². The summed E-state index contributed by atoms with van der Waals surface area (Å²) in [5.74, 6) is -0.623. The molecule has 1 N–H and O–H groups in total. The summed E-state index contributed by atoms with van der Waals surface area (Å²) in [6.07, 6.45) is 1.56. The quantitative estimate of drug-likeness (QED) is 0.658. The molecule has 0 fully saturated rings. The smallest absolute Gasteiger partial charge is 0.278 e. The Balaban J connectivity index is 2.12. The van der Waals surface area contributed by atoms with Crippen LogP contribution < -0.4 is 5.32 Å². The van der Waals surface area contributed by atoms with Crippen LogP contribution in [0.3, 0.4) is 0 Å².